The fourth-order valence-electron chi connectivity index (χ4n) is 4.40. The molecular weight excluding hydrogens is 416 g/mol. The van der Waals surface area contributed by atoms with Crippen LogP contribution in [0.25, 0.3) is 0 Å². The quantitative estimate of drug-likeness (QED) is 0.575. The largest absolute Gasteiger partial charge is 0.497 e. The summed E-state index contributed by atoms with van der Waals surface area (Å²) in [6.45, 7) is 5.72. The topological polar surface area (TPSA) is 67.9 Å². The first-order chi connectivity index (χ1) is 16.0. The predicted octanol–water partition coefficient (Wildman–Crippen LogP) is 4.53. The van der Waals surface area contributed by atoms with Crippen molar-refractivity contribution in [2.24, 2.45) is 5.92 Å². The number of nitrogens with zero attached hydrogens (tertiary/aromatic N) is 1. The Bertz CT molecular complexity index is 887. The summed E-state index contributed by atoms with van der Waals surface area (Å²) in [5, 5.41) is 2.93. The molecule has 3 rings (SSSR count). The van der Waals surface area contributed by atoms with Crippen molar-refractivity contribution in [3.8, 4) is 11.5 Å². The van der Waals surface area contributed by atoms with Crippen molar-refractivity contribution >= 4 is 11.8 Å². The van der Waals surface area contributed by atoms with Crippen LogP contribution in [0.4, 0.5) is 0 Å². The molecule has 1 unspecified atom stereocenters. The van der Waals surface area contributed by atoms with E-state index in [0.29, 0.717) is 12.5 Å². The van der Waals surface area contributed by atoms with Gasteiger partial charge in [-0.15, -0.1) is 0 Å². The van der Waals surface area contributed by atoms with E-state index in [4.69, 9.17) is 9.47 Å². The van der Waals surface area contributed by atoms with Crippen molar-refractivity contribution in [3.63, 3.8) is 0 Å². The zero-order valence-electron chi connectivity index (χ0n) is 20.0. The Morgan fingerprint density at radius 3 is 2.24 bits per heavy atom. The van der Waals surface area contributed by atoms with Gasteiger partial charge in [0, 0.05) is 20.0 Å². The van der Waals surface area contributed by atoms with Gasteiger partial charge in [0.05, 0.1) is 26.2 Å². The Morgan fingerprint density at radius 1 is 1.03 bits per heavy atom. The van der Waals surface area contributed by atoms with E-state index in [1.54, 1.807) is 7.11 Å². The molecule has 1 N–H and O–H groups in total. The van der Waals surface area contributed by atoms with Gasteiger partial charge in [0.15, 0.2) is 0 Å². The number of carbonyl (C=O) groups is 2. The first kappa shape index (κ1) is 24.6. The van der Waals surface area contributed by atoms with Gasteiger partial charge in [-0.25, -0.2) is 0 Å². The highest BCUT2D eigenvalue weighted by atomic mass is 16.5. The summed E-state index contributed by atoms with van der Waals surface area (Å²) in [6.07, 6.45) is 4.50. The van der Waals surface area contributed by atoms with E-state index in [0.717, 1.165) is 55.8 Å². The summed E-state index contributed by atoms with van der Waals surface area (Å²) in [4.78, 5) is 26.7. The number of hydrogen-bond donors (Lipinski definition) is 1. The van der Waals surface area contributed by atoms with Gasteiger partial charge in [-0.05, 0) is 73.9 Å². The molecule has 0 saturated carbocycles. The number of rotatable bonds is 10. The maximum absolute atomic E-state index is 13.0. The summed E-state index contributed by atoms with van der Waals surface area (Å²) in [5.41, 5.74) is 2.24. The number of ether oxygens (including phenoxy) is 2. The molecule has 2 aromatic rings. The second-order valence-corrected chi connectivity index (χ2v) is 8.67. The van der Waals surface area contributed by atoms with E-state index in [2.05, 4.69) is 17.4 Å². The Labute approximate surface area is 197 Å². The second kappa shape index (κ2) is 12.3. The summed E-state index contributed by atoms with van der Waals surface area (Å²) < 4.78 is 10.7. The number of hydrogen-bond acceptors (Lipinski definition) is 4. The van der Waals surface area contributed by atoms with Gasteiger partial charge >= 0.3 is 0 Å². The van der Waals surface area contributed by atoms with Gasteiger partial charge in [-0.2, -0.15) is 0 Å². The van der Waals surface area contributed by atoms with Gasteiger partial charge in [0.2, 0.25) is 11.8 Å². The highest BCUT2D eigenvalue weighted by molar-refractivity contribution is 5.79. The molecular formula is C27H36N2O4. The summed E-state index contributed by atoms with van der Waals surface area (Å²) in [7, 11) is 1.62. The summed E-state index contributed by atoms with van der Waals surface area (Å²) in [5.74, 6) is 2.25. The molecule has 6 nitrogen and oxygen atoms in total. The number of methoxy groups -OCH3 is 1. The number of carbonyl (C=O) groups excluding carboxylic acids is 2. The van der Waals surface area contributed by atoms with E-state index >= 15 is 0 Å². The van der Waals surface area contributed by atoms with Crippen LogP contribution in [0.15, 0.2) is 48.5 Å². The van der Waals surface area contributed by atoms with Crippen LogP contribution in [-0.4, -0.2) is 43.5 Å². The number of benzene rings is 2. The molecule has 2 aromatic carbocycles. The normalized spacial score (nSPS) is 15.1. The Balaban J connectivity index is 1.48. The monoisotopic (exact) mass is 452 g/mol. The Kier molecular flexibility index (Phi) is 9.16. The van der Waals surface area contributed by atoms with Crippen LogP contribution in [0, 0.1) is 5.92 Å². The number of nitrogens with one attached hydrogen (secondary N) is 1. The molecule has 1 aliphatic rings. The molecule has 1 aliphatic heterocycles. The highest BCUT2D eigenvalue weighted by Gasteiger charge is 2.25. The molecule has 1 saturated heterocycles. The molecule has 6 heteroatoms. The number of likely N-dealkylation sites (tertiary alicyclic amines) is 1. The minimum atomic E-state index is -0.335. The van der Waals surface area contributed by atoms with E-state index in [9.17, 15) is 9.59 Å². The van der Waals surface area contributed by atoms with Crippen LogP contribution in [-0.2, 0) is 16.0 Å². The van der Waals surface area contributed by atoms with Gasteiger partial charge in [-0.3, -0.25) is 9.59 Å². The molecule has 33 heavy (non-hydrogen) atoms. The smallest absolute Gasteiger partial charge is 0.224 e. The van der Waals surface area contributed by atoms with Crippen LogP contribution in [0.3, 0.4) is 0 Å². The highest BCUT2D eigenvalue weighted by Crippen LogP contribution is 2.26. The van der Waals surface area contributed by atoms with Crippen molar-refractivity contribution < 1.29 is 19.1 Å². The van der Waals surface area contributed by atoms with Gasteiger partial charge in [0.25, 0.3) is 0 Å². The van der Waals surface area contributed by atoms with Crippen LogP contribution in [0.2, 0.25) is 0 Å². The molecule has 1 fully saturated rings. The average Bonchev–Trinajstić information content (AvgIpc) is 2.83. The maximum atomic E-state index is 13.0. The van der Waals surface area contributed by atoms with Crippen LogP contribution < -0.4 is 14.8 Å². The molecule has 1 atom stereocenters. The van der Waals surface area contributed by atoms with E-state index in [-0.39, 0.29) is 24.3 Å². The fraction of sp³-hybridized carbons (Fsp3) is 0.481. The number of amides is 2. The number of aryl methyl sites for hydroxylation is 1. The minimum absolute atomic E-state index is 0.0922. The predicted molar refractivity (Wildman–Crippen MR) is 129 cm³/mol. The van der Waals surface area contributed by atoms with E-state index in [1.165, 1.54) is 12.5 Å². The minimum Gasteiger partial charge on any atom is -0.497 e. The average molecular weight is 453 g/mol. The van der Waals surface area contributed by atoms with Crippen molar-refractivity contribution in [1.82, 2.24) is 10.2 Å². The SMILES string of the molecule is CCOc1ccc(CCC2CCN(C(=O)CC(NC(C)=O)c3ccc(OC)cc3)CC2)cc1. The number of piperidine rings is 1. The lowest BCUT2D eigenvalue weighted by molar-refractivity contribution is -0.133. The Morgan fingerprint density at radius 2 is 1.67 bits per heavy atom. The van der Waals surface area contributed by atoms with Crippen molar-refractivity contribution in [2.75, 3.05) is 26.8 Å². The van der Waals surface area contributed by atoms with Gasteiger partial charge < -0.3 is 19.7 Å². The standard InChI is InChI=1S/C27H36N2O4/c1-4-33-25-11-7-21(8-12-25)5-6-22-15-17-29(18-16-22)27(31)19-26(28-20(2)30)23-9-13-24(32-3)14-10-23/h7-14,22,26H,4-6,15-19H2,1-3H3,(H,28,30). The van der Waals surface area contributed by atoms with Gasteiger partial charge in [-0.1, -0.05) is 24.3 Å². The van der Waals surface area contributed by atoms with Crippen molar-refractivity contribution in [2.45, 2.75) is 52.0 Å². The lowest BCUT2D eigenvalue weighted by atomic mass is 9.90. The third kappa shape index (κ3) is 7.52. The molecule has 0 spiro atoms. The van der Waals surface area contributed by atoms with E-state index < -0.39 is 0 Å². The third-order valence-electron chi connectivity index (χ3n) is 6.32. The molecule has 0 aromatic heterocycles. The third-order valence-corrected chi connectivity index (χ3v) is 6.32. The summed E-state index contributed by atoms with van der Waals surface area (Å²) >= 11 is 0. The molecule has 1 heterocycles. The molecule has 0 bridgehead atoms. The van der Waals surface area contributed by atoms with Crippen molar-refractivity contribution in [3.05, 3.63) is 59.7 Å². The van der Waals surface area contributed by atoms with Crippen molar-refractivity contribution in [1.29, 1.82) is 0 Å². The molecule has 178 valence electrons. The first-order valence-electron chi connectivity index (χ1n) is 11.9. The van der Waals surface area contributed by atoms with Crippen LogP contribution >= 0.6 is 0 Å². The molecule has 0 aliphatic carbocycles. The van der Waals surface area contributed by atoms with Crippen LogP contribution in [0.1, 0.15) is 56.7 Å². The zero-order chi connectivity index (χ0) is 23.6. The fourth-order valence-corrected chi connectivity index (χ4v) is 4.40. The summed E-state index contributed by atoms with van der Waals surface area (Å²) in [6, 6.07) is 15.5. The van der Waals surface area contributed by atoms with Crippen LogP contribution in [0.5, 0.6) is 11.5 Å². The molecule has 2 amide bonds. The first-order valence-corrected chi connectivity index (χ1v) is 11.9. The zero-order valence-corrected chi connectivity index (χ0v) is 20.0. The lowest BCUT2D eigenvalue weighted by Gasteiger charge is -2.33. The van der Waals surface area contributed by atoms with E-state index in [1.807, 2.05) is 48.2 Å². The second-order valence-electron chi connectivity index (χ2n) is 8.67. The molecule has 0 radical (unpaired) electrons. The maximum Gasteiger partial charge on any atom is 0.224 e. The van der Waals surface area contributed by atoms with Gasteiger partial charge in [0.1, 0.15) is 11.5 Å². The lowest BCUT2D eigenvalue weighted by Crippen LogP contribution is -2.40. The Hall–Kier alpha value is -3.02.